The summed E-state index contributed by atoms with van der Waals surface area (Å²) in [6.45, 7) is 1.82. The molecule has 2 fully saturated rings. The highest BCUT2D eigenvalue weighted by Gasteiger charge is 2.27. The van der Waals surface area contributed by atoms with Crippen LogP contribution < -0.4 is 15.8 Å². The third-order valence-electron chi connectivity index (χ3n) is 3.92. The Labute approximate surface area is 107 Å². The molecule has 0 spiro atoms. The zero-order valence-electron chi connectivity index (χ0n) is 10.8. The van der Waals surface area contributed by atoms with Crippen molar-refractivity contribution in [1.82, 2.24) is 14.9 Å². The Kier molecular flexibility index (Phi) is 3.07. The van der Waals surface area contributed by atoms with Crippen molar-refractivity contribution in [2.45, 2.75) is 37.8 Å². The predicted octanol–water partition coefficient (Wildman–Crippen LogP) is 0.766. The molecule has 1 saturated carbocycles. The summed E-state index contributed by atoms with van der Waals surface area (Å²) in [5.41, 5.74) is 0.0803. The molecular formula is C13H20N4O. The number of hydrogen-bond donors (Lipinski definition) is 1. The molecule has 0 aromatic carbocycles. The van der Waals surface area contributed by atoms with Crippen molar-refractivity contribution >= 4 is 5.82 Å². The van der Waals surface area contributed by atoms with E-state index >= 15 is 0 Å². The van der Waals surface area contributed by atoms with E-state index in [0.717, 1.165) is 32.4 Å². The van der Waals surface area contributed by atoms with Crippen LogP contribution in [0, 0.1) is 0 Å². The van der Waals surface area contributed by atoms with Gasteiger partial charge in [-0.25, -0.2) is 4.98 Å². The molecule has 1 aliphatic carbocycles. The SMILES string of the molecule is CNC1CCCN(c2nccn(C3CC3)c2=O)C1. The van der Waals surface area contributed by atoms with Gasteiger partial charge in [0.15, 0.2) is 5.82 Å². The van der Waals surface area contributed by atoms with E-state index in [2.05, 4.69) is 15.2 Å². The molecule has 0 amide bonds. The van der Waals surface area contributed by atoms with E-state index in [9.17, 15) is 4.79 Å². The molecule has 1 saturated heterocycles. The van der Waals surface area contributed by atoms with Crippen LogP contribution in [0.25, 0.3) is 0 Å². The van der Waals surface area contributed by atoms with Crippen molar-refractivity contribution in [3.05, 3.63) is 22.7 Å². The number of rotatable bonds is 3. The Morgan fingerprint density at radius 3 is 2.94 bits per heavy atom. The summed E-state index contributed by atoms with van der Waals surface area (Å²) in [4.78, 5) is 18.8. The molecule has 1 aromatic rings. The second-order valence-corrected chi connectivity index (χ2v) is 5.27. The maximum Gasteiger partial charge on any atom is 0.293 e. The number of anilines is 1. The van der Waals surface area contributed by atoms with Crippen LogP contribution in [0.3, 0.4) is 0 Å². The molecule has 2 aliphatic rings. The first-order chi connectivity index (χ1) is 8.79. The topological polar surface area (TPSA) is 50.2 Å². The van der Waals surface area contributed by atoms with E-state index in [0.29, 0.717) is 17.9 Å². The van der Waals surface area contributed by atoms with Crippen LogP contribution in [0.4, 0.5) is 5.82 Å². The first-order valence-electron chi connectivity index (χ1n) is 6.79. The maximum atomic E-state index is 12.4. The number of likely N-dealkylation sites (N-methyl/N-ethyl adjacent to an activating group) is 1. The monoisotopic (exact) mass is 248 g/mol. The van der Waals surface area contributed by atoms with Crippen LogP contribution in [0.1, 0.15) is 31.7 Å². The van der Waals surface area contributed by atoms with E-state index in [-0.39, 0.29) is 5.56 Å². The summed E-state index contributed by atoms with van der Waals surface area (Å²) in [7, 11) is 1.98. The Morgan fingerprint density at radius 2 is 2.22 bits per heavy atom. The summed E-state index contributed by atoms with van der Waals surface area (Å²) in [5.74, 6) is 0.629. The van der Waals surface area contributed by atoms with Crippen molar-refractivity contribution in [2.24, 2.45) is 0 Å². The molecule has 98 valence electrons. The fraction of sp³-hybridized carbons (Fsp3) is 0.692. The van der Waals surface area contributed by atoms with Crippen molar-refractivity contribution in [2.75, 3.05) is 25.0 Å². The third kappa shape index (κ3) is 2.14. The minimum absolute atomic E-state index is 0.0803. The van der Waals surface area contributed by atoms with Gasteiger partial charge < -0.3 is 14.8 Å². The lowest BCUT2D eigenvalue weighted by atomic mass is 10.1. The van der Waals surface area contributed by atoms with Crippen LogP contribution >= 0.6 is 0 Å². The quantitative estimate of drug-likeness (QED) is 0.858. The molecule has 1 aromatic heterocycles. The lowest BCUT2D eigenvalue weighted by molar-refractivity contribution is 0.445. The average Bonchev–Trinajstić information content (AvgIpc) is 3.23. The largest absolute Gasteiger partial charge is 0.350 e. The van der Waals surface area contributed by atoms with E-state index < -0.39 is 0 Å². The summed E-state index contributed by atoms with van der Waals surface area (Å²) in [6, 6.07) is 0.888. The normalized spacial score (nSPS) is 24.3. The average molecular weight is 248 g/mol. The van der Waals surface area contributed by atoms with Gasteiger partial charge in [0, 0.05) is 37.6 Å². The minimum atomic E-state index is 0.0803. The Bertz CT molecular complexity index is 480. The zero-order chi connectivity index (χ0) is 12.5. The fourth-order valence-corrected chi connectivity index (χ4v) is 2.68. The number of nitrogens with zero attached hydrogens (tertiary/aromatic N) is 3. The zero-order valence-corrected chi connectivity index (χ0v) is 10.8. The van der Waals surface area contributed by atoms with Gasteiger partial charge in [-0.2, -0.15) is 0 Å². The number of hydrogen-bond acceptors (Lipinski definition) is 4. The fourth-order valence-electron chi connectivity index (χ4n) is 2.68. The summed E-state index contributed by atoms with van der Waals surface area (Å²) in [5, 5.41) is 3.29. The first kappa shape index (κ1) is 11.7. The number of aromatic nitrogens is 2. The van der Waals surface area contributed by atoms with E-state index in [4.69, 9.17) is 0 Å². The summed E-state index contributed by atoms with van der Waals surface area (Å²) >= 11 is 0. The second-order valence-electron chi connectivity index (χ2n) is 5.27. The van der Waals surface area contributed by atoms with E-state index in [1.54, 1.807) is 6.20 Å². The molecule has 0 radical (unpaired) electrons. The van der Waals surface area contributed by atoms with Gasteiger partial charge in [-0.1, -0.05) is 0 Å². The summed E-state index contributed by atoms with van der Waals surface area (Å²) < 4.78 is 1.85. The van der Waals surface area contributed by atoms with Crippen molar-refractivity contribution < 1.29 is 0 Å². The van der Waals surface area contributed by atoms with E-state index in [1.165, 1.54) is 6.42 Å². The minimum Gasteiger partial charge on any atom is -0.350 e. The Morgan fingerprint density at radius 1 is 1.39 bits per heavy atom. The lowest BCUT2D eigenvalue weighted by Crippen LogP contribution is -2.47. The standard InChI is InChI=1S/C13H20N4O/c1-14-10-3-2-7-16(9-10)12-13(18)17(8-6-15-12)11-4-5-11/h6,8,10-11,14H,2-5,7,9H2,1H3. The van der Waals surface area contributed by atoms with Crippen LogP contribution in [0.15, 0.2) is 17.2 Å². The van der Waals surface area contributed by atoms with Crippen LogP contribution in [-0.2, 0) is 0 Å². The van der Waals surface area contributed by atoms with Crippen molar-refractivity contribution in [3.8, 4) is 0 Å². The maximum absolute atomic E-state index is 12.4. The van der Waals surface area contributed by atoms with Gasteiger partial charge in [-0.3, -0.25) is 4.79 Å². The molecular weight excluding hydrogens is 228 g/mol. The van der Waals surface area contributed by atoms with Crippen LogP contribution in [0.5, 0.6) is 0 Å². The summed E-state index contributed by atoms with van der Waals surface area (Å²) in [6.07, 6.45) is 8.13. The Hall–Kier alpha value is -1.36. The van der Waals surface area contributed by atoms with Gasteiger partial charge >= 0.3 is 0 Å². The molecule has 3 rings (SSSR count). The molecule has 1 N–H and O–H groups in total. The smallest absolute Gasteiger partial charge is 0.293 e. The highest BCUT2D eigenvalue weighted by molar-refractivity contribution is 5.37. The van der Waals surface area contributed by atoms with Gasteiger partial charge in [0.05, 0.1) is 0 Å². The highest BCUT2D eigenvalue weighted by Crippen LogP contribution is 2.33. The molecule has 0 bridgehead atoms. The van der Waals surface area contributed by atoms with E-state index in [1.807, 2.05) is 17.8 Å². The van der Waals surface area contributed by atoms with Crippen LogP contribution in [-0.4, -0.2) is 35.7 Å². The molecule has 18 heavy (non-hydrogen) atoms. The second kappa shape index (κ2) is 4.72. The molecule has 1 atom stereocenters. The van der Waals surface area contributed by atoms with Crippen LogP contribution in [0.2, 0.25) is 0 Å². The van der Waals surface area contributed by atoms with Crippen molar-refractivity contribution in [1.29, 1.82) is 0 Å². The molecule has 1 aliphatic heterocycles. The van der Waals surface area contributed by atoms with Gasteiger partial charge in [0.2, 0.25) is 0 Å². The number of piperidine rings is 1. The van der Waals surface area contributed by atoms with Crippen molar-refractivity contribution in [3.63, 3.8) is 0 Å². The third-order valence-corrected chi connectivity index (χ3v) is 3.92. The lowest BCUT2D eigenvalue weighted by Gasteiger charge is -2.33. The highest BCUT2D eigenvalue weighted by atomic mass is 16.1. The van der Waals surface area contributed by atoms with Gasteiger partial charge in [0.25, 0.3) is 5.56 Å². The van der Waals surface area contributed by atoms with Gasteiger partial charge in [-0.05, 0) is 32.7 Å². The molecule has 5 heteroatoms. The Balaban J connectivity index is 1.87. The number of nitrogens with one attached hydrogen (secondary N) is 1. The molecule has 1 unspecified atom stereocenters. The first-order valence-corrected chi connectivity index (χ1v) is 6.79. The molecule has 2 heterocycles. The van der Waals surface area contributed by atoms with Gasteiger partial charge in [-0.15, -0.1) is 0 Å². The van der Waals surface area contributed by atoms with Gasteiger partial charge in [0.1, 0.15) is 0 Å². The molecule has 5 nitrogen and oxygen atoms in total. The predicted molar refractivity (Wildman–Crippen MR) is 71.1 cm³/mol.